The van der Waals surface area contributed by atoms with Crippen LogP contribution in [-0.4, -0.2) is 30.9 Å². The Bertz CT molecular complexity index is 977. The number of hydrogen-bond donors (Lipinski definition) is 2. The number of Topliss-reactive ketones (excluding diaryl/α,β-unsaturated/α-hetero) is 1. The Morgan fingerprint density at radius 2 is 1.76 bits per heavy atom. The third-order valence-electron chi connectivity index (χ3n) is 3.87. The molecule has 0 bridgehead atoms. The second-order valence-corrected chi connectivity index (χ2v) is 5.76. The number of rotatable bonds is 5. The minimum absolute atomic E-state index is 0.0939. The van der Waals surface area contributed by atoms with Gasteiger partial charge in [-0.3, -0.25) is 9.59 Å². The molecule has 7 heteroatoms. The van der Waals surface area contributed by atoms with Gasteiger partial charge in [0, 0.05) is 22.7 Å². The Balaban J connectivity index is 2.41. The average molecular weight is 359 g/mol. The van der Waals surface area contributed by atoms with E-state index in [0.717, 1.165) is 0 Å². The lowest BCUT2D eigenvalue weighted by atomic mass is 9.99. The maximum absolute atomic E-state index is 12.3. The quantitative estimate of drug-likeness (QED) is 0.541. The van der Waals surface area contributed by atoms with Crippen LogP contribution in [0.1, 0.15) is 10.5 Å². The maximum Gasteiger partial charge on any atom is 0.291 e. The van der Waals surface area contributed by atoms with Crippen LogP contribution in [0.25, 0.3) is 22.0 Å². The molecule has 0 radical (unpaired) electrons. The number of hydrogen-bond acceptors (Lipinski definition) is 4. The number of amides is 1. The molecule has 0 spiro atoms. The average Bonchev–Trinajstić information content (AvgIpc) is 3.00. The Morgan fingerprint density at radius 1 is 1.08 bits per heavy atom. The van der Waals surface area contributed by atoms with Crippen molar-refractivity contribution >= 4 is 34.2 Å². The highest BCUT2D eigenvalue weighted by Crippen LogP contribution is 2.41. The zero-order valence-corrected chi connectivity index (χ0v) is 14.3. The highest BCUT2D eigenvalue weighted by molar-refractivity contribution is 6.44. The molecule has 1 aromatic heterocycles. The summed E-state index contributed by atoms with van der Waals surface area (Å²) < 4.78 is 10.7. The van der Waals surface area contributed by atoms with Gasteiger partial charge in [-0.15, -0.1) is 0 Å². The largest absolute Gasteiger partial charge is 0.497 e. The van der Waals surface area contributed by atoms with Crippen LogP contribution in [0.5, 0.6) is 11.5 Å². The third kappa shape index (κ3) is 2.92. The number of ether oxygens (including phenoxy) is 2. The van der Waals surface area contributed by atoms with Crippen LogP contribution >= 0.6 is 11.6 Å². The molecule has 1 heterocycles. The molecule has 3 aromatic rings. The number of aromatic nitrogens is 1. The number of H-pyrrole nitrogens is 1. The van der Waals surface area contributed by atoms with Crippen LogP contribution < -0.4 is 15.2 Å². The molecular formula is C18H15ClN2O4. The van der Waals surface area contributed by atoms with Crippen molar-refractivity contribution in [3.05, 3.63) is 47.1 Å². The van der Waals surface area contributed by atoms with Gasteiger partial charge in [-0.05, 0) is 17.7 Å². The summed E-state index contributed by atoms with van der Waals surface area (Å²) in [5.74, 6) is -0.819. The lowest BCUT2D eigenvalue weighted by molar-refractivity contribution is -0.114. The number of carbonyl (C=O) groups excluding carboxylic acids is 2. The van der Waals surface area contributed by atoms with Gasteiger partial charge >= 0.3 is 0 Å². The first-order valence-corrected chi connectivity index (χ1v) is 7.71. The van der Waals surface area contributed by atoms with E-state index in [0.29, 0.717) is 38.6 Å². The van der Waals surface area contributed by atoms with E-state index in [1.165, 1.54) is 14.2 Å². The molecule has 0 aliphatic heterocycles. The summed E-state index contributed by atoms with van der Waals surface area (Å²) in [6.45, 7) is 0. The van der Waals surface area contributed by atoms with Gasteiger partial charge in [0.05, 0.1) is 25.1 Å². The summed E-state index contributed by atoms with van der Waals surface area (Å²) in [5.41, 5.74) is 7.11. The number of aromatic amines is 1. The van der Waals surface area contributed by atoms with E-state index < -0.39 is 11.7 Å². The first-order chi connectivity index (χ1) is 12.0. The number of benzene rings is 2. The van der Waals surface area contributed by atoms with Crippen LogP contribution in [0, 0.1) is 0 Å². The van der Waals surface area contributed by atoms with E-state index in [2.05, 4.69) is 4.98 Å². The number of fused-ring (bicyclic) bond motifs is 1. The van der Waals surface area contributed by atoms with E-state index in [9.17, 15) is 9.59 Å². The fourth-order valence-corrected chi connectivity index (χ4v) is 2.87. The standard InChI is InChI=1S/C18H15ClN2O4/c1-24-11-7-12-15(13(8-11)25-2)14(9-3-5-10(19)6-4-9)16(21-12)17(22)18(20)23/h3-8,21H,1-2H3,(H2,20,23). The van der Waals surface area contributed by atoms with Gasteiger partial charge in [0.15, 0.2) is 0 Å². The second-order valence-electron chi connectivity index (χ2n) is 5.33. The van der Waals surface area contributed by atoms with Crippen molar-refractivity contribution in [2.75, 3.05) is 14.2 Å². The van der Waals surface area contributed by atoms with E-state index in [1.807, 2.05) is 0 Å². The number of carbonyl (C=O) groups is 2. The zero-order valence-electron chi connectivity index (χ0n) is 13.6. The van der Waals surface area contributed by atoms with Crippen molar-refractivity contribution in [3.8, 4) is 22.6 Å². The van der Waals surface area contributed by atoms with E-state index in [1.54, 1.807) is 36.4 Å². The van der Waals surface area contributed by atoms with Crippen LogP contribution in [-0.2, 0) is 4.79 Å². The van der Waals surface area contributed by atoms with Gasteiger partial charge in [-0.1, -0.05) is 23.7 Å². The minimum atomic E-state index is -1.05. The fraction of sp³-hybridized carbons (Fsp3) is 0.111. The predicted molar refractivity (Wildman–Crippen MR) is 95.4 cm³/mol. The molecule has 128 valence electrons. The van der Waals surface area contributed by atoms with Gasteiger partial charge in [0.25, 0.3) is 11.7 Å². The molecule has 0 saturated heterocycles. The number of methoxy groups -OCH3 is 2. The van der Waals surface area contributed by atoms with Gasteiger partial charge in [0.1, 0.15) is 17.2 Å². The van der Waals surface area contributed by atoms with Gasteiger partial charge < -0.3 is 20.2 Å². The molecular weight excluding hydrogens is 344 g/mol. The molecule has 6 nitrogen and oxygen atoms in total. The SMILES string of the molecule is COc1cc(OC)c2c(-c3ccc(Cl)cc3)c(C(=O)C(N)=O)[nH]c2c1. The molecule has 0 aliphatic carbocycles. The highest BCUT2D eigenvalue weighted by Gasteiger charge is 2.25. The first kappa shape index (κ1) is 16.9. The number of ketones is 1. The molecule has 0 fully saturated rings. The van der Waals surface area contributed by atoms with Crippen molar-refractivity contribution in [1.82, 2.24) is 4.98 Å². The molecule has 0 atom stereocenters. The molecule has 0 unspecified atom stereocenters. The topological polar surface area (TPSA) is 94.4 Å². The van der Waals surface area contributed by atoms with Crippen LogP contribution in [0.3, 0.4) is 0 Å². The Morgan fingerprint density at radius 3 is 2.32 bits per heavy atom. The molecule has 0 saturated carbocycles. The fourth-order valence-electron chi connectivity index (χ4n) is 2.75. The monoisotopic (exact) mass is 358 g/mol. The third-order valence-corrected chi connectivity index (χ3v) is 4.13. The van der Waals surface area contributed by atoms with Crippen LogP contribution in [0.15, 0.2) is 36.4 Å². The number of nitrogens with two attached hydrogens (primary N) is 1. The summed E-state index contributed by atoms with van der Waals surface area (Å²) in [4.78, 5) is 26.8. The second kappa shape index (κ2) is 6.49. The molecule has 3 N–H and O–H groups in total. The lowest BCUT2D eigenvalue weighted by Gasteiger charge is -2.09. The van der Waals surface area contributed by atoms with E-state index in [-0.39, 0.29) is 5.69 Å². The summed E-state index contributed by atoms with van der Waals surface area (Å²) in [7, 11) is 3.04. The lowest BCUT2D eigenvalue weighted by Crippen LogP contribution is -2.23. The number of nitrogens with one attached hydrogen (secondary N) is 1. The Hall–Kier alpha value is -2.99. The molecule has 25 heavy (non-hydrogen) atoms. The smallest absolute Gasteiger partial charge is 0.291 e. The summed E-state index contributed by atoms with van der Waals surface area (Å²) >= 11 is 5.95. The summed E-state index contributed by atoms with van der Waals surface area (Å²) in [6.07, 6.45) is 0. The van der Waals surface area contributed by atoms with Crippen LogP contribution in [0.4, 0.5) is 0 Å². The van der Waals surface area contributed by atoms with Crippen molar-refractivity contribution in [2.45, 2.75) is 0 Å². The molecule has 2 aromatic carbocycles. The van der Waals surface area contributed by atoms with Gasteiger partial charge in [-0.25, -0.2) is 0 Å². The van der Waals surface area contributed by atoms with Crippen LogP contribution in [0.2, 0.25) is 5.02 Å². The van der Waals surface area contributed by atoms with E-state index >= 15 is 0 Å². The summed E-state index contributed by atoms with van der Waals surface area (Å²) in [6, 6.07) is 10.3. The Labute approximate surface area is 148 Å². The minimum Gasteiger partial charge on any atom is -0.497 e. The highest BCUT2D eigenvalue weighted by atomic mass is 35.5. The van der Waals surface area contributed by atoms with Crippen molar-refractivity contribution in [2.24, 2.45) is 5.73 Å². The molecule has 1 amide bonds. The zero-order chi connectivity index (χ0) is 18.1. The molecule has 3 rings (SSSR count). The van der Waals surface area contributed by atoms with E-state index in [4.69, 9.17) is 26.8 Å². The van der Waals surface area contributed by atoms with Crippen molar-refractivity contribution in [3.63, 3.8) is 0 Å². The predicted octanol–water partition coefficient (Wildman–Crippen LogP) is 3.17. The van der Waals surface area contributed by atoms with Crippen molar-refractivity contribution < 1.29 is 19.1 Å². The van der Waals surface area contributed by atoms with Gasteiger partial charge in [0.2, 0.25) is 0 Å². The first-order valence-electron chi connectivity index (χ1n) is 7.34. The Kier molecular flexibility index (Phi) is 4.37. The molecule has 0 aliphatic rings. The number of primary amides is 1. The maximum atomic E-state index is 12.3. The van der Waals surface area contributed by atoms with Gasteiger partial charge in [-0.2, -0.15) is 0 Å². The number of halogens is 1. The van der Waals surface area contributed by atoms with Crippen molar-refractivity contribution in [1.29, 1.82) is 0 Å². The summed E-state index contributed by atoms with van der Waals surface area (Å²) in [5, 5.41) is 1.20. The normalized spacial score (nSPS) is 10.7.